The van der Waals surface area contributed by atoms with Crippen LogP contribution in [0.15, 0.2) is 59.5 Å². The Labute approximate surface area is 152 Å². The number of nitrogens with zero attached hydrogens (tertiary/aromatic N) is 4. The Morgan fingerprint density at radius 1 is 1.08 bits per heavy atom. The summed E-state index contributed by atoms with van der Waals surface area (Å²) >= 11 is 0. The summed E-state index contributed by atoms with van der Waals surface area (Å²) in [6, 6.07) is 11.8. The number of ether oxygens (including phenoxy) is 1. The molecule has 26 heavy (non-hydrogen) atoms. The Kier molecular flexibility index (Phi) is 5.33. The van der Waals surface area contributed by atoms with Crippen molar-refractivity contribution in [1.82, 2.24) is 20.0 Å². The van der Waals surface area contributed by atoms with Crippen LogP contribution >= 0.6 is 0 Å². The third kappa shape index (κ3) is 4.33. The molecule has 0 aromatic carbocycles. The van der Waals surface area contributed by atoms with E-state index in [2.05, 4.69) is 20.0 Å². The molecule has 6 nitrogen and oxygen atoms in total. The van der Waals surface area contributed by atoms with Gasteiger partial charge in [0.1, 0.15) is 5.69 Å². The van der Waals surface area contributed by atoms with Crippen LogP contribution in [0.5, 0.6) is 0 Å². The van der Waals surface area contributed by atoms with Crippen LogP contribution in [0.4, 0.5) is 0 Å². The van der Waals surface area contributed by atoms with Gasteiger partial charge in [-0.3, -0.25) is 14.9 Å². The SMILES string of the molecule is c1ccc(-c2cc(CN3CCC(OCc4cccnc4)CC3)on2)nc1. The van der Waals surface area contributed by atoms with Crippen molar-refractivity contribution in [3.63, 3.8) is 0 Å². The molecular weight excluding hydrogens is 328 g/mol. The van der Waals surface area contributed by atoms with E-state index >= 15 is 0 Å². The minimum Gasteiger partial charge on any atom is -0.373 e. The molecule has 0 aliphatic carbocycles. The van der Waals surface area contributed by atoms with Crippen molar-refractivity contribution >= 4 is 0 Å². The average Bonchev–Trinajstić information content (AvgIpc) is 3.17. The van der Waals surface area contributed by atoms with Crippen molar-refractivity contribution in [2.24, 2.45) is 0 Å². The predicted molar refractivity (Wildman–Crippen MR) is 97.1 cm³/mol. The first kappa shape index (κ1) is 16.9. The maximum absolute atomic E-state index is 6.02. The van der Waals surface area contributed by atoms with E-state index in [9.17, 15) is 0 Å². The fourth-order valence-corrected chi connectivity index (χ4v) is 3.17. The minimum absolute atomic E-state index is 0.310. The van der Waals surface area contributed by atoms with E-state index < -0.39 is 0 Å². The van der Waals surface area contributed by atoms with E-state index in [0.29, 0.717) is 12.7 Å². The van der Waals surface area contributed by atoms with Crippen LogP contribution in [-0.4, -0.2) is 39.2 Å². The lowest BCUT2D eigenvalue weighted by atomic mass is 10.1. The lowest BCUT2D eigenvalue weighted by Crippen LogP contribution is -2.36. The zero-order valence-corrected chi connectivity index (χ0v) is 14.6. The third-order valence-corrected chi connectivity index (χ3v) is 4.61. The summed E-state index contributed by atoms with van der Waals surface area (Å²) in [5.41, 5.74) is 2.75. The van der Waals surface area contributed by atoms with Crippen LogP contribution in [0.2, 0.25) is 0 Å². The van der Waals surface area contributed by atoms with E-state index in [-0.39, 0.29) is 0 Å². The highest BCUT2D eigenvalue weighted by Gasteiger charge is 2.21. The van der Waals surface area contributed by atoms with Gasteiger partial charge in [0.25, 0.3) is 0 Å². The lowest BCUT2D eigenvalue weighted by Gasteiger charge is -2.31. The molecule has 1 aliphatic heterocycles. The maximum atomic E-state index is 6.02. The van der Waals surface area contributed by atoms with Gasteiger partial charge in [-0.1, -0.05) is 17.3 Å². The second kappa shape index (κ2) is 8.21. The van der Waals surface area contributed by atoms with Crippen LogP contribution in [0.25, 0.3) is 11.4 Å². The van der Waals surface area contributed by atoms with Crippen molar-refractivity contribution < 1.29 is 9.26 Å². The van der Waals surface area contributed by atoms with Crippen LogP contribution in [0.1, 0.15) is 24.2 Å². The van der Waals surface area contributed by atoms with Gasteiger partial charge in [0.15, 0.2) is 5.76 Å². The molecule has 0 N–H and O–H groups in total. The largest absolute Gasteiger partial charge is 0.373 e. The summed E-state index contributed by atoms with van der Waals surface area (Å²) in [7, 11) is 0. The van der Waals surface area contributed by atoms with Gasteiger partial charge in [0, 0.05) is 37.7 Å². The molecule has 0 atom stereocenters. The lowest BCUT2D eigenvalue weighted by molar-refractivity contribution is -0.00535. The van der Waals surface area contributed by atoms with E-state index in [4.69, 9.17) is 9.26 Å². The number of rotatable bonds is 6. The van der Waals surface area contributed by atoms with Gasteiger partial charge in [-0.15, -0.1) is 0 Å². The summed E-state index contributed by atoms with van der Waals surface area (Å²) in [6.45, 7) is 3.40. The molecule has 0 spiro atoms. The second-order valence-corrected chi connectivity index (χ2v) is 6.54. The molecule has 4 heterocycles. The molecule has 6 heteroatoms. The number of likely N-dealkylation sites (tertiary alicyclic amines) is 1. The highest BCUT2D eigenvalue weighted by atomic mass is 16.5. The number of aromatic nitrogens is 3. The highest BCUT2D eigenvalue weighted by molar-refractivity contribution is 5.52. The number of hydrogen-bond donors (Lipinski definition) is 0. The molecule has 0 radical (unpaired) electrons. The van der Waals surface area contributed by atoms with E-state index in [0.717, 1.165) is 55.2 Å². The Bertz CT molecular complexity index is 799. The van der Waals surface area contributed by atoms with Gasteiger partial charge in [-0.05, 0) is 36.6 Å². The molecule has 134 valence electrons. The summed E-state index contributed by atoms with van der Waals surface area (Å²) in [6.07, 6.45) is 7.77. The first-order valence-electron chi connectivity index (χ1n) is 8.97. The molecule has 0 saturated carbocycles. The summed E-state index contributed by atoms with van der Waals surface area (Å²) in [5, 5.41) is 4.14. The molecule has 1 fully saturated rings. The monoisotopic (exact) mass is 350 g/mol. The minimum atomic E-state index is 0.310. The standard InChI is InChI=1S/C20H22N4O2/c1-2-9-22-19(5-1)20-12-18(26-23-20)14-24-10-6-17(7-11-24)25-15-16-4-3-8-21-13-16/h1-5,8-9,12-13,17H,6-7,10-11,14-15H2. The van der Waals surface area contributed by atoms with Crippen LogP contribution in [0.3, 0.4) is 0 Å². The first-order valence-corrected chi connectivity index (χ1v) is 8.97. The Balaban J connectivity index is 1.25. The van der Waals surface area contributed by atoms with Gasteiger partial charge >= 0.3 is 0 Å². The Hall–Kier alpha value is -2.57. The second-order valence-electron chi connectivity index (χ2n) is 6.54. The smallest absolute Gasteiger partial charge is 0.151 e. The van der Waals surface area contributed by atoms with Crippen molar-refractivity contribution in [2.75, 3.05) is 13.1 Å². The third-order valence-electron chi connectivity index (χ3n) is 4.61. The fourth-order valence-electron chi connectivity index (χ4n) is 3.17. The molecule has 4 rings (SSSR count). The van der Waals surface area contributed by atoms with Crippen molar-refractivity contribution in [3.05, 3.63) is 66.3 Å². The number of pyridine rings is 2. The average molecular weight is 350 g/mol. The Morgan fingerprint density at radius 3 is 2.77 bits per heavy atom. The van der Waals surface area contributed by atoms with E-state index in [1.807, 2.05) is 42.6 Å². The topological polar surface area (TPSA) is 64.3 Å². The first-order chi connectivity index (χ1) is 12.9. The van der Waals surface area contributed by atoms with Crippen molar-refractivity contribution in [2.45, 2.75) is 32.1 Å². The summed E-state index contributed by atoms with van der Waals surface area (Å²) < 4.78 is 11.5. The van der Waals surface area contributed by atoms with E-state index in [1.165, 1.54) is 0 Å². The summed E-state index contributed by atoms with van der Waals surface area (Å²) in [5.74, 6) is 0.875. The van der Waals surface area contributed by atoms with Crippen molar-refractivity contribution in [3.8, 4) is 11.4 Å². The van der Waals surface area contributed by atoms with Gasteiger partial charge in [0.2, 0.25) is 0 Å². The van der Waals surface area contributed by atoms with Crippen molar-refractivity contribution in [1.29, 1.82) is 0 Å². The van der Waals surface area contributed by atoms with Crippen LogP contribution in [-0.2, 0) is 17.9 Å². The van der Waals surface area contributed by atoms with Gasteiger partial charge in [0.05, 0.1) is 24.9 Å². The van der Waals surface area contributed by atoms with Gasteiger partial charge < -0.3 is 9.26 Å². The number of piperidine rings is 1. The fraction of sp³-hybridized carbons (Fsp3) is 0.350. The summed E-state index contributed by atoms with van der Waals surface area (Å²) in [4.78, 5) is 10.8. The molecule has 1 aliphatic rings. The maximum Gasteiger partial charge on any atom is 0.151 e. The van der Waals surface area contributed by atoms with Crippen LogP contribution < -0.4 is 0 Å². The molecule has 3 aromatic heterocycles. The molecule has 0 amide bonds. The number of hydrogen-bond acceptors (Lipinski definition) is 6. The van der Waals surface area contributed by atoms with Gasteiger partial charge in [-0.25, -0.2) is 0 Å². The van der Waals surface area contributed by atoms with E-state index in [1.54, 1.807) is 12.4 Å². The molecular formula is C20H22N4O2. The zero-order chi connectivity index (χ0) is 17.6. The van der Waals surface area contributed by atoms with Crippen LogP contribution in [0, 0.1) is 0 Å². The normalized spacial score (nSPS) is 16.0. The highest BCUT2D eigenvalue weighted by Crippen LogP contribution is 2.20. The molecule has 3 aromatic rings. The van der Waals surface area contributed by atoms with Gasteiger partial charge in [-0.2, -0.15) is 0 Å². The molecule has 0 unspecified atom stereocenters. The molecule has 0 bridgehead atoms. The Morgan fingerprint density at radius 2 is 2.00 bits per heavy atom. The predicted octanol–water partition coefficient (Wildman–Crippen LogP) is 3.31. The quantitative estimate of drug-likeness (QED) is 0.679. The molecule has 1 saturated heterocycles. The zero-order valence-electron chi connectivity index (χ0n) is 14.6.